The molecule has 0 amide bonds. The van der Waals surface area contributed by atoms with Gasteiger partial charge in [0.05, 0.1) is 19.8 Å². The molecule has 0 aliphatic rings. The molecule has 1 aromatic heterocycles. The van der Waals surface area contributed by atoms with E-state index in [1.165, 1.54) is 18.3 Å². The molecule has 17 heavy (non-hydrogen) atoms. The van der Waals surface area contributed by atoms with Crippen LogP contribution in [0.5, 0.6) is 0 Å². The van der Waals surface area contributed by atoms with Gasteiger partial charge in [-0.1, -0.05) is 11.6 Å². The minimum Gasteiger partial charge on any atom is -0.394 e. The molecule has 0 spiro atoms. The molecular weight excluding hydrogens is 268 g/mol. The Morgan fingerprint density at radius 2 is 2.18 bits per heavy atom. The molecule has 2 N–H and O–H groups in total. The van der Waals surface area contributed by atoms with Crippen LogP contribution in [0.15, 0.2) is 23.2 Å². The molecule has 0 bridgehead atoms. The molecule has 0 unspecified atom stereocenters. The summed E-state index contributed by atoms with van der Waals surface area (Å²) in [6.07, 6.45) is 1.18. The van der Waals surface area contributed by atoms with Crippen molar-refractivity contribution in [1.29, 1.82) is 0 Å². The highest BCUT2D eigenvalue weighted by atomic mass is 35.5. The van der Waals surface area contributed by atoms with Gasteiger partial charge in [0, 0.05) is 12.7 Å². The summed E-state index contributed by atoms with van der Waals surface area (Å²) in [6, 6.07) is 2.77. The van der Waals surface area contributed by atoms with Crippen molar-refractivity contribution in [3.8, 4) is 0 Å². The molecular formula is C9H13ClN2O4S. The minimum absolute atomic E-state index is 0.0454. The van der Waals surface area contributed by atoms with Crippen LogP contribution in [0.4, 0.5) is 0 Å². The van der Waals surface area contributed by atoms with Gasteiger partial charge in [-0.15, -0.1) is 0 Å². The summed E-state index contributed by atoms with van der Waals surface area (Å²) >= 11 is 5.55. The average molecular weight is 281 g/mol. The number of hydrogen-bond donors (Lipinski definition) is 2. The van der Waals surface area contributed by atoms with Gasteiger partial charge in [0.2, 0.25) is 10.0 Å². The third-order valence-corrected chi connectivity index (χ3v) is 3.45. The van der Waals surface area contributed by atoms with Crippen LogP contribution < -0.4 is 4.72 Å². The molecule has 1 rings (SSSR count). The van der Waals surface area contributed by atoms with Gasteiger partial charge in [0.1, 0.15) is 10.0 Å². The van der Waals surface area contributed by atoms with E-state index >= 15 is 0 Å². The molecule has 0 fully saturated rings. The molecule has 96 valence electrons. The summed E-state index contributed by atoms with van der Waals surface area (Å²) in [5.74, 6) is 0. The van der Waals surface area contributed by atoms with Gasteiger partial charge in [-0.2, -0.15) is 0 Å². The van der Waals surface area contributed by atoms with Gasteiger partial charge >= 0.3 is 0 Å². The lowest BCUT2D eigenvalue weighted by Crippen LogP contribution is -2.27. The quantitative estimate of drug-likeness (QED) is 0.543. The molecule has 0 aromatic carbocycles. The fourth-order valence-electron chi connectivity index (χ4n) is 1.02. The molecule has 0 aliphatic carbocycles. The molecule has 8 heteroatoms. The number of pyridine rings is 1. The summed E-state index contributed by atoms with van der Waals surface area (Å²) < 4.78 is 30.6. The largest absolute Gasteiger partial charge is 0.394 e. The van der Waals surface area contributed by atoms with Crippen LogP contribution in [0.25, 0.3) is 0 Å². The van der Waals surface area contributed by atoms with E-state index < -0.39 is 10.0 Å². The number of nitrogens with zero attached hydrogens (tertiary/aromatic N) is 1. The average Bonchev–Trinajstić information content (AvgIpc) is 2.29. The van der Waals surface area contributed by atoms with Crippen molar-refractivity contribution in [2.24, 2.45) is 0 Å². The number of nitrogens with one attached hydrogen (secondary N) is 1. The highest BCUT2D eigenvalue weighted by molar-refractivity contribution is 7.89. The number of aliphatic hydroxyl groups excluding tert-OH is 1. The van der Waals surface area contributed by atoms with E-state index in [0.717, 1.165) is 0 Å². The lowest BCUT2D eigenvalue weighted by Gasteiger charge is -2.06. The number of rotatable bonds is 7. The van der Waals surface area contributed by atoms with E-state index in [9.17, 15) is 8.42 Å². The number of sulfonamides is 1. The van der Waals surface area contributed by atoms with Crippen LogP contribution in [0.1, 0.15) is 0 Å². The van der Waals surface area contributed by atoms with E-state index in [4.69, 9.17) is 21.4 Å². The summed E-state index contributed by atoms with van der Waals surface area (Å²) in [4.78, 5) is 3.73. The SMILES string of the molecule is O=S(=O)(NCCOCCO)c1ccc(Cl)nc1. The predicted molar refractivity (Wildman–Crippen MR) is 62.3 cm³/mol. The Balaban J connectivity index is 2.48. The molecule has 0 radical (unpaired) electrons. The highest BCUT2D eigenvalue weighted by Gasteiger charge is 2.13. The Kier molecular flexibility index (Phi) is 5.79. The first-order valence-corrected chi connectivity index (χ1v) is 6.72. The van der Waals surface area contributed by atoms with Gasteiger partial charge in [-0.3, -0.25) is 0 Å². The van der Waals surface area contributed by atoms with Crippen molar-refractivity contribution in [2.75, 3.05) is 26.4 Å². The third kappa shape index (κ3) is 4.97. The van der Waals surface area contributed by atoms with E-state index in [2.05, 4.69) is 9.71 Å². The third-order valence-electron chi connectivity index (χ3n) is 1.78. The summed E-state index contributed by atoms with van der Waals surface area (Å²) in [5, 5.41) is 8.68. The Morgan fingerprint density at radius 3 is 2.76 bits per heavy atom. The molecule has 0 atom stereocenters. The van der Waals surface area contributed by atoms with Gasteiger partial charge in [-0.25, -0.2) is 18.1 Å². The zero-order valence-electron chi connectivity index (χ0n) is 8.97. The topological polar surface area (TPSA) is 88.5 Å². The van der Waals surface area contributed by atoms with E-state index in [1.54, 1.807) is 0 Å². The second-order valence-corrected chi connectivity index (χ2v) is 5.20. The fraction of sp³-hybridized carbons (Fsp3) is 0.444. The lowest BCUT2D eigenvalue weighted by atomic mass is 10.5. The van der Waals surface area contributed by atoms with Gasteiger partial charge < -0.3 is 9.84 Å². The van der Waals surface area contributed by atoms with Gasteiger partial charge in [0.25, 0.3) is 0 Å². The Bertz CT molecular complexity index is 435. The first kappa shape index (κ1) is 14.3. The Labute approximate surface area is 105 Å². The van der Waals surface area contributed by atoms with Crippen molar-refractivity contribution in [2.45, 2.75) is 4.90 Å². The molecule has 0 saturated heterocycles. The standard InChI is InChI=1S/C9H13ClN2O4S/c10-9-2-1-8(7-11-9)17(14,15)12-3-5-16-6-4-13/h1-2,7,12-13H,3-6H2. The van der Waals surface area contributed by atoms with Crippen LogP contribution in [0.2, 0.25) is 5.15 Å². The first-order chi connectivity index (χ1) is 8.06. The van der Waals surface area contributed by atoms with Crippen LogP contribution >= 0.6 is 11.6 Å². The van der Waals surface area contributed by atoms with Crippen molar-refractivity contribution in [3.63, 3.8) is 0 Å². The van der Waals surface area contributed by atoms with E-state index in [1.807, 2.05) is 0 Å². The van der Waals surface area contributed by atoms with Crippen molar-refractivity contribution >= 4 is 21.6 Å². The fourth-order valence-corrected chi connectivity index (χ4v) is 2.09. The Morgan fingerprint density at radius 1 is 1.41 bits per heavy atom. The zero-order chi connectivity index (χ0) is 12.7. The summed E-state index contributed by atoms with van der Waals surface area (Å²) in [7, 11) is -3.58. The van der Waals surface area contributed by atoms with Gasteiger partial charge in [0.15, 0.2) is 0 Å². The van der Waals surface area contributed by atoms with Crippen LogP contribution in [0.3, 0.4) is 0 Å². The molecule has 1 heterocycles. The maximum absolute atomic E-state index is 11.7. The highest BCUT2D eigenvalue weighted by Crippen LogP contribution is 2.10. The first-order valence-electron chi connectivity index (χ1n) is 4.86. The van der Waals surface area contributed by atoms with E-state index in [0.29, 0.717) is 0 Å². The summed E-state index contributed by atoms with van der Waals surface area (Å²) in [6.45, 7) is 0.420. The number of hydrogen-bond acceptors (Lipinski definition) is 5. The molecule has 0 aliphatic heterocycles. The predicted octanol–water partition coefficient (Wildman–Crippen LogP) is 0.0222. The number of ether oxygens (including phenoxy) is 1. The molecule has 0 saturated carbocycles. The monoisotopic (exact) mass is 280 g/mol. The molecule has 6 nitrogen and oxygen atoms in total. The van der Waals surface area contributed by atoms with Gasteiger partial charge in [-0.05, 0) is 12.1 Å². The van der Waals surface area contributed by atoms with Crippen molar-refractivity contribution in [1.82, 2.24) is 9.71 Å². The zero-order valence-corrected chi connectivity index (χ0v) is 10.5. The Hall–Kier alpha value is -0.730. The normalized spacial score (nSPS) is 11.6. The van der Waals surface area contributed by atoms with Crippen LogP contribution in [0, 0.1) is 0 Å². The van der Waals surface area contributed by atoms with E-state index in [-0.39, 0.29) is 36.4 Å². The minimum atomic E-state index is -3.58. The molecule has 1 aromatic rings. The number of halogens is 1. The van der Waals surface area contributed by atoms with Crippen LogP contribution in [-0.2, 0) is 14.8 Å². The van der Waals surface area contributed by atoms with Crippen molar-refractivity contribution in [3.05, 3.63) is 23.5 Å². The lowest BCUT2D eigenvalue weighted by molar-refractivity contribution is 0.0961. The smallest absolute Gasteiger partial charge is 0.242 e. The maximum Gasteiger partial charge on any atom is 0.242 e. The summed E-state index contributed by atoms with van der Waals surface area (Å²) in [5.41, 5.74) is 0. The van der Waals surface area contributed by atoms with Crippen LogP contribution in [-0.4, -0.2) is 44.9 Å². The second-order valence-electron chi connectivity index (χ2n) is 3.05. The maximum atomic E-state index is 11.7. The second kappa shape index (κ2) is 6.87. The number of aromatic nitrogens is 1. The van der Waals surface area contributed by atoms with Crippen molar-refractivity contribution < 1.29 is 18.3 Å². The number of aliphatic hydroxyl groups is 1.